The lowest BCUT2D eigenvalue weighted by Crippen LogP contribution is -2.15. The van der Waals surface area contributed by atoms with Gasteiger partial charge >= 0.3 is 5.69 Å². The van der Waals surface area contributed by atoms with Crippen molar-refractivity contribution in [2.45, 2.75) is 26.8 Å². The number of benzene rings is 1. The molecule has 2 N–H and O–H groups in total. The highest BCUT2D eigenvalue weighted by Crippen LogP contribution is 2.21. The fraction of sp³-hybridized carbons (Fsp3) is 0.267. The number of aromatic nitrogens is 4. The average molecular weight is 283 g/mol. The summed E-state index contributed by atoms with van der Waals surface area (Å²) in [4.78, 5) is 16.0. The van der Waals surface area contributed by atoms with E-state index in [2.05, 4.69) is 46.5 Å². The molecule has 21 heavy (non-hydrogen) atoms. The second kappa shape index (κ2) is 5.05. The number of fused-ring (bicyclic) bond motifs is 1. The Kier molecular flexibility index (Phi) is 3.21. The Balaban J connectivity index is 1.95. The van der Waals surface area contributed by atoms with E-state index in [9.17, 15) is 4.79 Å². The Hall–Kier alpha value is -2.63. The van der Waals surface area contributed by atoms with E-state index in [4.69, 9.17) is 0 Å². The first kappa shape index (κ1) is 13.4. The van der Waals surface area contributed by atoms with Gasteiger partial charge in [-0.3, -0.25) is 0 Å². The molecule has 0 aliphatic heterocycles. The van der Waals surface area contributed by atoms with E-state index >= 15 is 0 Å². The maximum absolute atomic E-state index is 11.6. The number of nitrogens with one attached hydrogen (secondary N) is 2. The number of H-pyrrole nitrogens is 1. The monoisotopic (exact) mass is 283 g/mol. The molecule has 6 nitrogen and oxygen atoms in total. The molecule has 3 rings (SSSR count). The lowest BCUT2D eigenvalue weighted by Gasteiger charge is -2.17. The van der Waals surface area contributed by atoms with Gasteiger partial charge in [0.05, 0.1) is 6.04 Å². The van der Waals surface area contributed by atoms with Gasteiger partial charge in [-0.15, -0.1) is 0 Å². The van der Waals surface area contributed by atoms with Gasteiger partial charge in [0.2, 0.25) is 0 Å². The molecule has 6 heteroatoms. The summed E-state index contributed by atoms with van der Waals surface area (Å²) in [6.07, 6.45) is 0. The van der Waals surface area contributed by atoms with Crippen LogP contribution in [0.3, 0.4) is 0 Å². The summed E-state index contributed by atoms with van der Waals surface area (Å²) in [5.74, 6) is 1.31. The first-order valence-corrected chi connectivity index (χ1v) is 6.83. The topological polar surface area (TPSA) is 75.1 Å². The minimum absolute atomic E-state index is 0.117. The largest absolute Gasteiger partial charge is 0.363 e. The summed E-state index contributed by atoms with van der Waals surface area (Å²) in [5, 5.41) is 9.77. The van der Waals surface area contributed by atoms with Crippen LogP contribution in [0.4, 0.5) is 5.82 Å². The Bertz CT molecular complexity index is 849. The van der Waals surface area contributed by atoms with Gasteiger partial charge in [0, 0.05) is 6.07 Å². The van der Waals surface area contributed by atoms with Gasteiger partial charge in [-0.2, -0.15) is 5.10 Å². The van der Waals surface area contributed by atoms with E-state index in [1.165, 1.54) is 15.5 Å². The summed E-state index contributed by atoms with van der Waals surface area (Å²) in [6, 6.07) is 10.1. The minimum Gasteiger partial charge on any atom is -0.363 e. The van der Waals surface area contributed by atoms with Gasteiger partial charge in [-0.05, 0) is 31.9 Å². The van der Waals surface area contributed by atoms with Crippen LogP contribution in [-0.2, 0) is 0 Å². The molecule has 0 radical (unpaired) electrons. The molecule has 0 aliphatic rings. The molecule has 1 unspecified atom stereocenters. The summed E-state index contributed by atoms with van der Waals surface area (Å²) in [7, 11) is 0. The van der Waals surface area contributed by atoms with E-state index < -0.39 is 0 Å². The zero-order valence-corrected chi connectivity index (χ0v) is 12.2. The normalized spacial score (nSPS) is 12.5. The van der Waals surface area contributed by atoms with Crippen molar-refractivity contribution in [3.63, 3.8) is 0 Å². The SMILES string of the molecule is Cc1ccccc1C(C)Nc1cc2n[nH]c(=O)n2c(C)n1. The number of hydrogen-bond donors (Lipinski definition) is 2. The fourth-order valence-corrected chi connectivity index (χ4v) is 2.54. The van der Waals surface area contributed by atoms with Crippen LogP contribution in [0, 0.1) is 13.8 Å². The number of nitrogens with zero attached hydrogens (tertiary/aromatic N) is 3. The van der Waals surface area contributed by atoms with E-state index in [0.717, 1.165) is 0 Å². The molecule has 0 aliphatic carbocycles. The Morgan fingerprint density at radius 3 is 2.81 bits per heavy atom. The van der Waals surface area contributed by atoms with Crippen molar-refractivity contribution < 1.29 is 0 Å². The van der Waals surface area contributed by atoms with Crippen LogP contribution in [-0.4, -0.2) is 19.6 Å². The quantitative estimate of drug-likeness (QED) is 0.772. The van der Waals surface area contributed by atoms with Crippen LogP contribution in [0.2, 0.25) is 0 Å². The summed E-state index contributed by atoms with van der Waals surface area (Å²) >= 11 is 0. The van der Waals surface area contributed by atoms with Crippen molar-refractivity contribution in [1.29, 1.82) is 0 Å². The minimum atomic E-state index is -0.270. The van der Waals surface area contributed by atoms with Crippen LogP contribution < -0.4 is 11.0 Å². The highest BCUT2D eigenvalue weighted by Gasteiger charge is 2.11. The van der Waals surface area contributed by atoms with Gasteiger partial charge < -0.3 is 5.32 Å². The van der Waals surface area contributed by atoms with Crippen molar-refractivity contribution in [3.8, 4) is 0 Å². The molecule has 2 aromatic heterocycles. The standard InChI is InChI=1S/C15H17N5O/c1-9-6-4-5-7-12(9)10(2)16-13-8-14-18-19-15(21)20(14)11(3)17-13/h4-8,10,16H,1-3H3,(H,19,21). The number of rotatable bonds is 3. The van der Waals surface area contributed by atoms with Crippen molar-refractivity contribution in [2.75, 3.05) is 5.32 Å². The molecule has 0 fully saturated rings. The Morgan fingerprint density at radius 1 is 1.29 bits per heavy atom. The van der Waals surface area contributed by atoms with Gasteiger partial charge in [0.1, 0.15) is 11.6 Å². The second-order valence-electron chi connectivity index (χ2n) is 5.13. The molecule has 3 aromatic rings. The van der Waals surface area contributed by atoms with Crippen molar-refractivity contribution >= 4 is 11.5 Å². The molecule has 1 atom stereocenters. The number of aromatic amines is 1. The molecule has 0 saturated carbocycles. The zero-order chi connectivity index (χ0) is 15.0. The smallest absolute Gasteiger partial charge is 0.349 e. The highest BCUT2D eigenvalue weighted by molar-refractivity contribution is 5.51. The van der Waals surface area contributed by atoms with Gasteiger partial charge in [-0.25, -0.2) is 19.3 Å². The maximum atomic E-state index is 11.6. The molecule has 0 bridgehead atoms. The van der Waals surface area contributed by atoms with Crippen LogP contribution in [0.5, 0.6) is 0 Å². The van der Waals surface area contributed by atoms with Crippen molar-refractivity contribution in [1.82, 2.24) is 19.6 Å². The molecule has 0 spiro atoms. The Morgan fingerprint density at radius 2 is 2.05 bits per heavy atom. The molecular weight excluding hydrogens is 266 g/mol. The summed E-state index contributed by atoms with van der Waals surface area (Å²) in [6.45, 7) is 5.95. The van der Waals surface area contributed by atoms with Crippen LogP contribution in [0.15, 0.2) is 35.1 Å². The fourth-order valence-electron chi connectivity index (χ4n) is 2.54. The van der Waals surface area contributed by atoms with E-state index in [0.29, 0.717) is 17.3 Å². The van der Waals surface area contributed by atoms with Gasteiger partial charge in [-0.1, -0.05) is 24.3 Å². The predicted octanol–water partition coefficient (Wildman–Crippen LogP) is 2.21. The second-order valence-corrected chi connectivity index (χ2v) is 5.13. The van der Waals surface area contributed by atoms with Crippen molar-refractivity contribution in [2.24, 2.45) is 0 Å². The van der Waals surface area contributed by atoms with Crippen LogP contribution in [0.25, 0.3) is 5.65 Å². The number of anilines is 1. The molecule has 1 aromatic carbocycles. The summed E-state index contributed by atoms with van der Waals surface area (Å²) < 4.78 is 1.45. The third-order valence-corrected chi connectivity index (χ3v) is 3.59. The van der Waals surface area contributed by atoms with Crippen molar-refractivity contribution in [3.05, 3.63) is 57.8 Å². The van der Waals surface area contributed by atoms with Gasteiger partial charge in [0.15, 0.2) is 5.65 Å². The molecule has 2 heterocycles. The highest BCUT2D eigenvalue weighted by atomic mass is 16.1. The molecule has 108 valence electrons. The third-order valence-electron chi connectivity index (χ3n) is 3.59. The van der Waals surface area contributed by atoms with E-state index in [1.807, 2.05) is 12.1 Å². The van der Waals surface area contributed by atoms with Crippen LogP contribution in [0.1, 0.15) is 29.9 Å². The number of hydrogen-bond acceptors (Lipinski definition) is 4. The maximum Gasteiger partial charge on any atom is 0.349 e. The zero-order valence-electron chi connectivity index (χ0n) is 12.2. The first-order chi connectivity index (χ1) is 10.1. The molecular formula is C15H17N5O. The Labute approximate surface area is 121 Å². The summed E-state index contributed by atoms with van der Waals surface area (Å²) in [5.41, 5.74) is 2.74. The van der Waals surface area contributed by atoms with Crippen LogP contribution >= 0.6 is 0 Å². The average Bonchev–Trinajstić information content (AvgIpc) is 2.81. The van der Waals surface area contributed by atoms with Gasteiger partial charge in [0.25, 0.3) is 0 Å². The van der Waals surface area contributed by atoms with E-state index in [1.54, 1.807) is 13.0 Å². The molecule has 0 amide bonds. The van der Waals surface area contributed by atoms with E-state index in [-0.39, 0.29) is 11.7 Å². The molecule has 0 saturated heterocycles. The third kappa shape index (κ3) is 2.40. The first-order valence-electron chi connectivity index (χ1n) is 6.83. The lowest BCUT2D eigenvalue weighted by molar-refractivity contribution is 0.852. The predicted molar refractivity (Wildman–Crippen MR) is 81.6 cm³/mol. The number of aryl methyl sites for hydroxylation is 2. The lowest BCUT2D eigenvalue weighted by atomic mass is 10.0.